The minimum atomic E-state index is -1.15. The van der Waals surface area contributed by atoms with Gasteiger partial charge in [-0.3, -0.25) is 4.98 Å². The fourth-order valence-corrected chi connectivity index (χ4v) is 4.06. The molecule has 11 nitrogen and oxygen atoms in total. The predicted molar refractivity (Wildman–Crippen MR) is 155 cm³/mol. The van der Waals surface area contributed by atoms with Crippen molar-refractivity contribution in [1.82, 2.24) is 19.9 Å². The minimum absolute atomic E-state index is 0.0657. The van der Waals surface area contributed by atoms with Crippen molar-refractivity contribution in [1.29, 1.82) is 0 Å². The van der Waals surface area contributed by atoms with Crippen molar-refractivity contribution < 1.29 is 19.4 Å². The number of carboxylic acids is 1. The molecule has 0 saturated carbocycles. The number of benzene rings is 3. The number of aromatic amines is 1. The number of aromatic nitrogens is 3. The molecule has 0 spiro atoms. The van der Waals surface area contributed by atoms with Gasteiger partial charge in [-0.1, -0.05) is 72.3 Å². The van der Waals surface area contributed by atoms with Crippen LogP contribution in [0.3, 0.4) is 0 Å². The number of ether oxygens (including phenoxy) is 1. The highest BCUT2D eigenvalue weighted by Crippen LogP contribution is 2.23. The minimum Gasteiger partial charge on any atom is -0.480 e. The van der Waals surface area contributed by atoms with Gasteiger partial charge in [-0.2, -0.15) is 9.97 Å². The molecule has 1 unspecified atom stereocenters. The summed E-state index contributed by atoms with van der Waals surface area (Å²) in [5.41, 5.74) is 3.24. The van der Waals surface area contributed by atoms with E-state index in [9.17, 15) is 19.5 Å². The number of carboxylic acid groups (broad SMARTS) is 1. The van der Waals surface area contributed by atoms with Crippen LogP contribution in [0.5, 0.6) is 5.75 Å². The summed E-state index contributed by atoms with van der Waals surface area (Å²) < 4.78 is 5.20. The molecule has 4 rings (SSSR count). The lowest BCUT2D eigenvalue weighted by Gasteiger charge is -2.20. The Hall–Kier alpha value is -5.19. The van der Waals surface area contributed by atoms with Crippen molar-refractivity contribution in [3.63, 3.8) is 0 Å². The van der Waals surface area contributed by atoms with E-state index in [1.165, 1.54) is 4.90 Å². The van der Waals surface area contributed by atoms with Crippen LogP contribution in [-0.4, -0.2) is 57.2 Å². The first kappa shape index (κ1) is 28.8. The molecule has 4 N–H and O–H groups in total. The van der Waals surface area contributed by atoms with Crippen molar-refractivity contribution in [2.45, 2.75) is 31.8 Å². The van der Waals surface area contributed by atoms with Gasteiger partial charge < -0.3 is 25.4 Å². The van der Waals surface area contributed by atoms with Gasteiger partial charge in [0.1, 0.15) is 11.8 Å². The molecule has 3 aromatic carbocycles. The molecule has 2 atom stereocenters. The van der Waals surface area contributed by atoms with E-state index in [-0.39, 0.29) is 24.4 Å². The summed E-state index contributed by atoms with van der Waals surface area (Å²) in [4.78, 5) is 48.3. The third-order valence-electron chi connectivity index (χ3n) is 6.26. The second kappa shape index (κ2) is 13.2. The van der Waals surface area contributed by atoms with E-state index in [0.29, 0.717) is 17.7 Å². The molecule has 1 heterocycles. The lowest BCUT2D eigenvalue weighted by molar-refractivity contribution is -0.137. The van der Waals surface area contributed by atoms with Gasteiger partial charge in [0, 0.05) is 20.5 Å². The summed E-state index contributed by atoms with van der Waals surface area (Å²) in [5.74, 6) is -0.778. The standard InChI is InChI=1S/C30H32N6O5/c1-19-9-11-20(12-10-19)17-24(22-7-5-4-6-8-22)31-27-33-28(35-29(39)34-27)32-25(26(37)38)18-21-13-15-23(16-14-21)41-30(40)36(2)3/h4-16,24-25H,17-18H2,1-3H3,(H,37,38)(H3,31,32,33,34,35,39)/t24?,25-/m0/s1. The van der Waals surface area contributed by atoms with E-state index >= 15 is 0 Å². The van der Waals surface area contributed by atoms with Crippen LogP contribution < -0.4 is 21.1 Å². The Morgan fingerprint density at radius 1 is 0.902 bits per heavy atom. The molecule has 11 heteroatoms. The molecule has 4 aromatic rings. The highest BCUT2D eigenvalue weighted by atomic mass is 16.6. The predicted octanol–water partition coefficient (Wildman–Crippen LogP) is 4.04. The second-order valence-electron chi connectivity index (χ2n) is 9.77. The van der Waals surface area contributed by atoms with E-state index in [4.69, 9.17) is 4.74 Å². The number of hydrogen-bond donors (Lipinski definition) is 4. The maximum atomic E-state index is 12.4. The summed E-state index contributed by atoms with van der Waals surface area (Å²) in [6, 6.07) is 23.1. The number of H-pyrrole nitrogens is 1. The third-order valence-corrected chi connectivity index (χ3v) is 6.26. The Labute approximate surface area is 237 Å². The van der Waals surface area contributed by atoms with Crippen LogP contribution in [0.15, 0.2) is 83.7 Å². The maximum absolute atomic E-state index is 12.4. The largest absolute Gasteiger partial charge is 0.480 e. The molecule has 0 aliphatic heterocycles. The van der Waals surface area contributed by atoms with Crippen molar-refractivity contribution in [2.75, 3.05) is 24.7 Å². The molecule has 0 fully saturated rings. The van der Waals surface area contributed by atoms with Crippen LogP contribution in [-0.2, 0) is 17.6 Å². The van der Waals surface area contributed by atoms with Crippen LogP contribution in [0.4, 0.5) is 16.7 Å². The number of rotatable bonds is 11. The molecular formula is C30H32N6O5. The molecule has 0 radical (unpaired) electrons. The first-order chi connectivity index (χ1) is 19.7. The van der Waals surface area contributed by atoms with Crippen LogP contribution >= 0.6 is 0 Å². The van der Waals surface area contributed by atoms with E-state index in [0.717, 1.165) is 16.7 Å². The van der Waals surface area contributed by atoms with E-state index in [2.05, 4.69) is 37.7 Å². The Kier molecular flexibility index (Phi) is 9.31. The number of amides is 1. The van der Waals surface area contributed by atoms with Crippen molar-refractivity contribution in [2.24, 2.45) is 0 Å². The molecular weight excluding hydrogens is 524 g/mol. The number of nitrogens with zero attached hydrogens (tertiary/aromatic N) is 3. The smallest absolute Gasteiger partial charge is 0.414 e. The monoisotopic (exact) mass is 556 g/mol. The highest BCUT2D eigenvalue weighted by molar-refractivity contribution is 5.77. The molecule has 0 aliphatic rings. The Bertz CT molecular complexity index is 1520. The average molecular weight is 557 g/mol. The number of aliphatic carboxylic acids is 1. The summed E-state index contributed by atoms with van der Waals surface area (Å²) in [5, 5.41) is 15.9. The number of nitrogens with one attached hydrogen (secondary N) is 3. The molecule has 0 bridgehead atoms. The molecule has 0 aliphatic carbocycles. The molecule has 1 aromatic heterocycles. The summed E-state index contributed by atoms with van der Waals surface area (Å²) in [6.45, 7) is 2.03. The first-order valence-electron chi connectivity index (χ1n) is 13.0. The molecule has 41 heavy (non-hydrogen) atoms. The van der Waals surface area contributed by atoms with Crippen LogP contribution in [0.1, 0.15) is 28.3 Å². The van der Waals surface area contributed by atoms with Gasteiger partial charge in [0.25, 0.3) is 0 Å². The molecule has 212 valence electrons. The van der Waals surface area contributed by atoms with Gasteiger partial charge in [0.15, 0.2) is 0 Å². The quantitative estimate of drug-likeness (QED) is 0.215. The van der Waals surface area contributed by atoms with E-state index < -0.39 is 23.8 Å². The number of carbonyl (C=O) groups is 2. The highest BCUT2D eigenvalue weighted by Gasteiger charge is 2.21. The Morgan fingerprint density at radius 3 is 2.17 bits per heavy atom. The summed E-state index contributed by atoms with van der Waals surface area (Å²) >= 11 is 0. The fraction of sp³-hybridized carbons (Fsp3) is 0.233. The van der Waals surface area contributed by atoms with Gasteiger partial charge in [-0.25, -0.2) is 14.4 Å². The average Bonchev–Trinajstić information content (AvgIpc) is 2.94. The zero-order valence-electron chi connectivity index (χ0n) is 23.0. The normalized spacial score (nSPS) is 12.2. The number of carbonyl (C=O) groups excluding carboxylic acids is 1. The lowest BCUT2D eigenvalue weighted by Crippen LogP contribution is -2.33. The fourth-order valence-electron chi connectivity index (χ4n) is 4.06. The van der Waals surface area contributed by atoms with E-state index in [1.807, 2.05) is 49.4 Å². The second-order valence-corrected chi connectivity index (χ2v) is 9.77. The van der Waals surface area contributed by atoms with Crippen molar-refractivity contribution in [3.8, 4) is 5.75 Å². The van der Waals surface area contributed by atoms with Crippen LogP contribution in [0, 0.1) is 6.92 Å². The SMILES string of the molecule is Cc1ccc(CC(Nc2nc(N[C@@H](Cc3ccc(OC(=O)N(C)C)cc3)C(=O)O)nc(=O)[nH]2)c2ccccc2)cc1. The van der Waals surface area contributed by atoms with Gasteiger partial charge in [-0.05, 0) is 42.2 Å². The third kappa shape index (κ3) is 8.40. The number of hydrogen-bond acceptors (Lipinski definition) is 8. The lowest BCUT2D eigenvalue weighted by atomic mass is 9.98. The van der Waals surface area contributed by atoms with Gasteiger partial charge in [-0.15, -0.1) is 0 Å². The topological polar surface area (TPSA) is 150 Å². The maximum Gasteiger partial charge on any atom is 0.414 e. The summed E-state index contributed by atoms with van der Waals surface area (Å²) in [6.07, 6.45) is 0.166. The number of anilines is 2. The Balaban J connectivity index is 1.50. The number of aryl methyl sites for hydroxylation is 1. The van der Waals surface area contributed by atoms with E-state index in [1.54, 1.807) is 38.4 Å². The van der Waals surface area contributed by atoms with Gasteiger partial charge in [0.05, 0.1) is 6.04 Å². The zero-order valence-corrected chi connectivity index (χ0v) is 23.0. The molecule has 0 saturated heterocycles. The van der Waals surface area contributed by atoms with Gasteiger partial charge in [0.2, 0.25) is 11.9 Å². The molecule has 1 amide bonds. The van der Waals surface area contributed by atoms with Crippen LogP contribution in [0.25, 0.3) is 0 Å². The summed E-state index contributed by atoms with van der Waals surface area (Å²) in [7, 11) is 3.15. The van der Waals surface area contributed by atoms with Gasteiger partial charge >= 0.3 is 17.8 Å². The Morgan fingerprint density at radius 2 is 1.54 bits per heavy atom. The van der Waals surface area contributed by atoms with Crippen molar-refractivity contribution >= 4 is 24.0 Å². The van der Waals surface area contributed by atoms with Crippen LogP contribution in [0.2, 0.25) is 0 Å². The van der Waals surface area contributed by atoms with Crippen molar-refractivity contribution in [3.05, 3.63) is 112 Å². The first-order valence-corrected chi connectivity index (χ1v) is 13.0. The zero-order chi connectivity index (χ0) is 29.4.